The Morgan fingerprint density at radius 1 is 1.43 bits per heavy atom. The summed E-state index contributed by atoms with van der Waals surface area (Å²) in [5.41, 5.74) is 0.402. The zero-order chi connectivity index (χ0) is 15.6. The van der Waals surface area contributed by atoms with Crippen molar-refractivity contribution in [3.63, 3.8) is 0 Å². The molecule has 0 amide bonds. The average Bonchev–Trinajstić information content (AvgIpc) is 2.44. The van der Waals surface area contributed by atoms with Crippen molar-refractivity contribution in [2.45, 2.75) is 26.4 Å². The van der Waals surface area contributed by atoms with Crippen LogP contribution in [0.15, 0.2) is 24.3 Å². The summed E-state index contributed by atoms with van der Waals surface area (Å²) in [5, 5.41) is 9.12. The predicted octanol–water partition coefficient (Wildman–Crippen LogP) is 1.71. The monoisotopic (exact) mass is 313 g/mol. The molecule has 6 nitrogen and oxygen atoms in total. The maximum Gasteiger partial charge on any atom is 0.346 e. The van der Waals surface area contributed by atoms with E-state index in [4.69, 9.17) is 9.84 Å². The zero-order valence-electron chi connectivity index (χ0n) is 12.0. The number of rotatable bonds is 5. The lowest BCUT2D eigenvalue weighted by molar-refractivity contribution is -0.144. The van der Waals surface area contributed by atoms with Gasteiger partial charge in [-0.25, -0.2) is 13.2 Å². The van der Waals surface area contributed by atoms with Gasteiger partial charge in [0.25, 0.3) is 0 Å². The van der Waals surface area contributed by atoms with Crippen molar-refractivity contribution in [2.75, 3.05) is 16.6 Å². The van der Waals surface area contributed by atoms with Crippen molar-refractivity contribution < 1.29 is 23.1 Å². The lowest BCUT2D eigenvalue weighted by Gasteiger charge is -2.33. The van der Waals surface area contributed by atoms with Crippen LogP contribution in [-0.4, -0.2) is 37.9 Å². The van der Waals surface area contributed by atoms with Gasteiger partial charge in [-0.2, -0.15) is 0 Å². The molecule has 1 atom stereocenters. The highest BCUT2D eigenvalue weighted by atomic mass is 32.2. The molecule has 0 bridgehead atoms. The molecule has 0 spiro atoms. The van der Waals surface area contributed by atoms with Gasteiger partial charge in [0.2, 0.25) is 16.1 Å². The van der Waals surface area contributed by atoms with Crippen LogP contribution in [0.5, 0.6) is 5.75 Å². The van der Waals surface area contributed by atoms with Crippen LogP contribution in [0.3, 0.4) is 0 Å². The molecule has 1 aliphatic heterocycles. The average molecular weight is 313 g/mol. The third-order valence-corrected chi connectivity index (χ3v) is 5.07. The van der Waals surface area contributed by atoms with Crippen LogP contribution >= 0.6 is 0 Å². The Morgan fingerprint density at radius 3 is 2.71 bits per heavy atom. The highest BCUT2D eigenvalue weighted by molar-refractivity contribution is 7.92. The number of sulfonamides is 1. The fourth-order valence-corrected chi connectivity index (χ4v) is 3.89. The van der Waals surface area contributed by atoms with Crippen molar-refractivity contribution in [2.24, 2.45) is 5.92 Å². The molecule has 2 rings (SSSR count). The summed E-state index contributed by atoms with van der Waals surface area (Å²) in [7, 11) is -3.57. The number of carboxylic acid groups (broad SMARTS) is 1. The summed E-state index contributed by atoms with van der Waals surface area (Å²) in [6.45, 7) is 3.69. The Hall–Kier alpha value is -1.76. The second kappa shape index (κ2) is 5.93. The van der Waals surface area contributed by atoms with Crippen LogP contribution in [0.1, 0.15) is 20.3 Å². The first-order valence-corrected chi connectivity index (χ1v) is 8.41. The Labute approximate surface area is 124 Å². The summed E-state index contributed by atoms with van der Waals surface area (Å²) < 4.78 is 31.5. The lowest BCUT2D eigenvalue weighted by Crippen LogP contribution is -2.47. The summed E-state index contributed by atoms with van der Waals surface area (Å²) in [4.78, 5) is 11.2. The van der Waals surface area contributed by atoms with E-state index >= 15 is 0 Å². The molecule has 21 heavy (non-hydrogen) atoms. The number of carboxylic acids is 1. The van der Waals surface area contributed by atoms with Gasteiger partial charge in [-0.05, 0) is 24.5 Å². The van der Waals surface area contributed by atoms with E-state index in [2.05, 4.69) is 0 Å². The van der Waals surface area contributed by atoms with Gasteiger partial charge in [-0.3, -0.25) is 4.31 Å². The number of hydrogen-bond acceptors (Lipinski definition) is 4. The maximum atomic E-state index is 12.5. The topological polar surface area (TPSA) is 83.9 Å². The summed E-state index contributed by atoms with van der Waals surface area (Å²) in [5.74, 6) is -0.644. The first kappa shape index (κ1) is 15.6. The van der Waals surface area contributed by atoms with E-state index in [1.54, 1.807) is 24.3 Å². The molecular weight excluding hydrogens is 294 g/mol. The Bertz CT molecular complexity index is 626. The second-order valence-corrected chi connectivity index (χ2v) is 7.45. The number of aliphatic carboxylic acids is 1. The molecule has 0 aromatic heterocycles. The van der Waals surface area contributed by atoms with Gasteiger partial charge in [0.15, 0.2) is 0 Å². The molecule has 116 valence electrons. The van der Waals surface area contributed by atoms with E-state index in [0.717, 1.165) is 4.31 Å². The molecule has 0 saturated carbocycles. The number of fused-ring (bicyclic) bond motifs is 1. The molecule has 1 aliphatic rings. The van der Waals surface area contributed by atoms with Crippen LogP contribution in [0.4, 0.5) is 5.69 Å². The number of hydrogen-bond donors (Lipinski definition) is 1. The summed E-state index contributed by atoms with van der Waals surface area (Å²) in [6.07, 6.45) is -0.659. The standard InChI is InChI=1S/C14H19NO5S/c1-10(2)7-8-21(18,19)15-9-13(14(16)17)20-12-6-4-3-5-11(12)15/h3-6,10,13H,7-9H2,1-2H3,(H,16,17). The quantitative estimate of drug-likeness (QED) is 0.894. The van der Waals surface area contributed by atoms with Crippen molar-refractivity contribution in [1.29, 1.82) is 0 Å². The molecule has 7 heteroatoms. The van der Waals surface area contributed by atoms with Crippen LogP contribution in [0.25, 0.3) is 0 Å². The van der Waals surface area contributed by atoms with Crippen molar-refractivity contribution >= 4 is 21.7 Å². The van der Waals surface area contributed by atoms with E-state index in [1.165, 1.54) is 0 Å². The second-order valence-electron chi connectivity index (χ2n) is 5.44. The number of nitrogens with zero attached hydrogens (tertiary/aromatic N) is 1. The number of benzene rings is 1. The van der Waals surface area contributed by atoms with Gasteiger partial charge >= 0.3 is 5.97 Å². The van der Waals surface area contributed by atoms with E-state index in [1.807, 2.05) is 13.8 Å². The van der Waals surface area contributed by atoms with Crippen LogP contribution in [0, 0.1) is 5.92 Å². The third-order valence-electron chi connectivity index (χ3n) is 3.30. The number of para-hydroxylation sites is 2. The van der Waals surface area contributed by atoms with Crippen LogP contribution in [-0.2, 0) is 14.8 Å². The number of anilines is 1. The van der Waals surface area contributed by atoms with Crippen molar-refractivity contribution in [3.05, 3.63) is 24.3 Å². The third kappa shape index (κ3) is 3.47. The molecule has 1 N–H and O–H groups in total. The molecule has 1 aromatic carbocycles. The minimum atomic E-state index is -3.57. The molecule has 1 aromatic rings. The Morgan fingerprint density at radius 2 is 2.10 bits per heavy atom. The smallest absolute Gasteiger partial charge is 0.346 e. The minimum absolute atomic E-state index is 0.00859. The molecular formula is C14H19NO5S. The zero-order valence-corrected chi connectivity index (χ0v) is 12.8. The predicted molar refractivity (Wildman–Crippen MR) is 79.1 cm³/mol. The lowest BCUT2D eigenvalue weighted by atomic mass is 10.2. The van der Waals surface area contributed by atoms with Gasteiger partial charge in [-0.15, -0.1) is 0 Å². The summed E-state index contributed by atoms with van der Waals surface area (Å²) >= 11 is 0. The van der Waals surface area contributed by atoms with Crippen molar-refractivity contribution in [1.82, 2.24) is 0 Å². The van der Waals surface area contributed by atoms with Gasteiger partial charge in [-0.1, -0.05) is 26.0 Å². The first-order valence-electron chi connectivity index (χ1n) is 6.80. The van der Waals surface area contributed by atoms with Crippen LogP contribution in [0.2, 0.25) is 0 Å². The van der Waals surface area contributed by atoms with Crippen molar-refractivity contribution in [3.8, 4) is 5.75 Å². The van der Waals surface area contributed by atoms with Gasteiger partial charge < -0.3 is 9.84 Å². The normalized spacial score (nSPS) is 18.2. The van der Waals surface area contributed by atoms with E-state index in [-0.39, 0.29) is 24.0 Å². The fourth-order valence-electron chi connectivity index (χ4n) is 2.09. The Kier molecular flexibility index (Phi) is 4.41. The highest BCUT2D eigenvalue weighted by Crippen LogP contribution is 2.35. The molecule has 1 heterocycles. The van der Waals surface area contributed by atoms with E-state index in [9.17, 15) is 13.2 Å². The van der Waals surface area contributed by atoms with Crippen LogP contribution < -0.4 is 9.04 Å². The molecule has 0 fully saturated rings. The number of carbonyl (C=O) groups is 1. The molecule has 0 aliphatic carbocycles. The minimum Gasteiger partial charge on any atom is -0.478 e. The first-order chi connectivity index (χ1) is 9.81. The molecule has 0 saturated heterocycles. The van der Waals surface area contributed by atoms with Gasteiger partial charge in [0, 0.05) is 0 Å². The van der Waals surface area contributed by atoms with E-state index in [0.29, 0.717) is 12.1 Å². The van der Waals surface area contributed by atoms with E-state index < -0.39 is 22.1 Å². The SMILES string of the molecule is CC(C)CCS(=O)(=O)N1CC(C(=O)O)Oc2ccccc21. The van der Waals surface area contributed by atoms with Gasteiger partial charge in [0.1, 0.15) is 5.75 Å². The Balaban J connectivity index is 2.35. The largest absolute Gasteiger partial charge is 0.478 e. The summed E-state index contributed by atoms with van der Waals surface area (Å²) in [6, 6.07) is 6.59. The number of ether oxygens (including phenoxy) is 1. The maximum absolute atomic E-state index is 12.5. The molecule has 1 unspecified atom stereocenters. The van der Waals surface area contributed by atoms with Gasteiger partial charge in [0.05, 0.1) is 18.0 Å². The fraction of sp³-hybridized carbons (Fsp3) is 0.500. The highest BCUT2D eigenvalue weighted by Gasteiger charge is 2.36. The molecule has 0 radical (unpaired) electrons.